The zero-order valence-corrected chi connectivity index (χ0v) is 17.7. The lowest BCUT2D eigenvalue weighted by atomic mass is 9.94. The predicted octanol–water partition coefficient (Wildman–Crippen LogP) is 5.39. The molecule has 1 amide bonds. The molecule has 0 aromatic heterocycles. The maximum Gasteiger partial charge on any atom is 0.300 e. The first-order chi connectivity index (χ1) is 15.7. The maximum atomic E-state index is 14.0. The molecule has 1 fully saturated rings. The molecule has 1 saturated heterocycles. The summed E-state index contributed by atoms with van der Waals surface area (Å²) < 4.78 is 46.3. The fourth-order valence-electron chi connectivity index (χ4n) is 3.70. The number of nitrogens with zero attached hydrogens (tertiary/aromatic N) is 1. The fraction of sp³-hybridized carbons (Fsp3) is 0.0833. The Morgan fingerprint density at radius 1 is 0.970 bits per heavy atom. The molecule has 0 radical (unpaired) electrons. The van der Waals surface area contributed by atoms with Gasteiger partial charge in [-0.25, -0.2) is 13.2 Å². The highest BCUT2D eigenvalue weighted by molar-refractivity contribution is 6.51. The lowest BCUT2D eigenvalue weighted by molar-refractivity contribution is -0.132. The summed E-state index contributed by atoms with van der Waals surface area (Å²) in [6.45, 7) is 0. The van der Waals surface area contributed by atoms with Crippen molar-refractivity contribution in [2.75, 3.05) is 12.0 Å². The van der Waals surface area contributed by atoms with E-state index in [2.05, 4.69) is 0 Å². The molecule has 33 heavy (non-hydrogen) atoms. The minimum absolute atomic E-state index is 0.0420. The molecule has 0 saturated carbocycles. The summed E-state index contributed by atoms with van der Waals surface area (Å²) in [6, 6.07) is 10.6. The van der Waals surface area contributed by atoms with Crippen molar-refractivity contribution in [3.63, 3.8) is 0 Å². The van der Waals surface area contributed by atoms with Gasteiger partial charge in [-0.3, -0.25) is 14.5 Å². The number of Topliss-reactive ketones (excluding diaryl/α,β-unsaturated/α-hetero) is 1. The molecule has 1 aliphatic heterocycles. The number of hydrogen-bond acceptors (Lipinski definition) is 4. The number of amides is 1. The zero-order valence-electron chi connectivity index (χ0n) is 17.0. The number of aliphatic hydroxyl groups is 1. The third-order valence-electron chi connectivity index (χ3n) is 5.23. The normalized spacial score (nSPS) is 17.5. The van der Waals surface area contributed by atoms with Gasteiger partial charge in [-0.05, 0) is 48.0 Å². The second-order valence-corrected chi connectivity index (χ2v) is 7.60. The number of methoxy groups -OCH3 is 1. The number of ether oxygens (including phenoxy) is 1. The molecule has 1 aliphatic rings. The number of ketones is 1. The Kier molecular flexibility index (Phi) is 5.86. The zero-order chi connectivity index (χ0) is 23.9. The second-order valence-electron chi connectivity index (χ2n) is 7.16. The molecular weight excluding hydrogens is 459 g/mol. The van der Waals surface area contributed by atoms with E-state index in [9.17, 15) is 27.9 Å². The van der Waals surface area contributed by atoms with Crippen molar-refractivity contribution in [2.45, 2.75) is 6.04 Å². The lowest BCUT2D eigenvalue weighted by Gasteiger charge is -2.25. The Hall–Kier alpha value is -3.78. The lowest BCUT2D eigenvalue weighted by Crippen LogP contribution is -2.29. The van der Waals surface area contributed by atoms with Crippen LogP contribution in [0.4, 0.5) is 18.9 Å². The second kappa shape index (κ2) is 8.63. The van der Waals surface area contributed by atoms with Crippen molar-refractivity contribution >= 4 is 34.7 Å². The van der Waals surface area contributed by atoms with Crippen molar-refractivity contribution in [1.29, 1.82) is 0 Å². The summed E-state index contributed by atoms with van der Waals surface area (Å²) in [7, 11) is 1.34. The monoisotopic (exact) mass is 473 g/mol. The van der Waals surface area contributed by atoms with Gasteiger partial charge in [-0.15, -0.1) is 0 Å². The van der Waals surface area contributed by atoms with E-state index in [1.807, 2.05) is 0 Å². The van der Waals surface area contributed by atoms with Crippen LogP contribution in [-0.2, 0) is 9.59 Å². The van der Waals surface area contributed by atoms with Crippen molar-refractivity contribution in [3.05, 3.63) is 99.8 Å². The molecule has 0 spiro atoms. The van der Waals surface area contributed by atoms with E-state index in [-0.39, 0.29) is 33.2 Å². The molecule has 1 atom stereocenters. The third kappa shape index (κ3) is 3.93. The van der Waals surface area contributed by atoms with Gasteiger partial charge in [0.15, 0.2) is 11.6 Å². The molecule has 5 nitrogen and oxygen atoms in total. The van der Waals surface area contributed by atoms with Crippen molar-refractivity contribution in [3.8, 4) is 5.75 Å². The van der Waals surface area contributed by atoms with Crippen LogP contribution in [0.2, 0.25) is 5.02 Å². The largest absolute Gasteiger partial charge is 0.507 e. The number of rotatable bonds is 4. The van der Waals surface area contributed by atoms with E-state index >= 15 is 0 Å². The Bertz CT molecular complexity index is 1310. The summed E-state index contributed by atoms with van der Waals surface area (Å²) in [4.78, 5) is 27.0. The molecule has 3 aromatic carbocycles. The van der Waals surface area contributed by atoms with E-state index in [0.29, 0.717) is 0 Å². The molecule has 4 rings (SSSR count). The molecule has 168 valence electrons. The Balaban J connectivity index is 1.99. The highest BCUT2D eigenvalue weighted by atomic mass is 35.5. The van der Waals surface area contributed by atoms with Gasteiger partial charge in [0.25, 0.3) is 11.7 Å². The van der Waals surface area contributed by atoms with Crippen LogP contribution in [0.1, 0.15) is 17.2 Å². The Morgan fingerprint density at radius 3 is 2.30 bits per heavy atom. The van der Waals surface area contributed by atoms with Crippen LogP contribution >= 0.6 is 11.6 Å². The molecule has 1 unspecified atom stereocenters. The van der Waals surface area contributed by atoms with Crippen LogP contribution in [0, 0.1) is 17.5 Å². The summed E-state index contributed by atoms with van der Waals surface area (Å²) in [6.07, 6.45) is 0. The minimum atomic E-state index is -1.26. The van der Waals surface area contributed by atoms with Gasteiger partial charge in [0.05, 0.1) is 24.3 Å². The van der Waals surface area contributed by atoms with E-state index in [1.165, 1.54) is 37.4 Å². The quantitative estimate of drug-likeness (QED) is 0.313. The molecule has 0 bridgehead atoms. The van der Waals surface area contributed by atoms with Crippen LogP contribution in [0.3, 0.4) is 0 Å². The van der Waals surface area contributed by atoms with E-state index in [0.717, 1.165) is 35.2 Å². The first kappa shape index (κ1) is 22.4. The summed E-state index contributed by atoms with van der Waals surface area (Å²) >= 11 is 6.05. The number of aliphatic hydroxyl groups excluding tert-OH is 1. The van der Waals surface area contributed by atoms with Crippen LogP contribution in [0.5, 0.6) is 5.75 Å². The number of carbonyl (C=O) groups is 2. The van der Waals surface area contributed by atoms with Gasteiger partial charge in [-0.2, -0.15) is 0 Å². The SMILES string of the molecule is COc1ccc(Cl)cc1/C(O)=C1\C(=O)C(=O)N(c2ccc(F)c(F)c2)C1c1ccc(F)cc1. The van der Waals surface area contributed by atoms with Gasteiger partial charge in [0, 0.05) is 16.8 Å². The van der Waals surface area contributed by atoms with Gasteiger partial charge in [0.2, 0.25) is 0 Å². The van der Waals surface area contributed by atoms with E-state index in [4.69, 9.17) is 16.3 Å². The summed E-state index contributed by atoms with van der Waals surface area (Å²) in [5, 5.41) is 11.4. The molecule has 9 heteroatoms. The van der Waals surface area contributed by atoms with Crippen molar-refractivity contribution < 1.29 is 32.6 Å². The summed E-state index contributed by atoms with van der Waals surface area (Å²) in [5.41, 5.74) is -0.178. The number of halogens is 4. The van der Waals surface area contributed by atoms with Crippen LogP contribution in [0.15, 0.2) is 66.2 Å². The topological polar surface area (TPSA) is 66.8 Å². The predicted molar refractivity (Wildman–Crippen MR) is 116 cm³/mol. The Morgan fingerprint density at radius 2 is 1.67 bits per heavy atom. The van der Waals surface area contributed by atoms with Gasteiger partial charge >= 0.3 is 0 Å². The van der Waals surface area contributed by atoms with E-state index in [1.54, 1.807) is 0 Å². The van der Waals surface area contributed by atoms with E-state index < -0.39 is 40.9 Å². The molecule has 1 N–H and O–H groups in total. The summed E-state index contributed by atoms with van der Waals surface area (Å²) in [5.74, 6) is -5.52. The first-order valence-corrected chi connectivity index (χ1v) is 9.96. The number of benzene rings is 3. The minimum Gasteiger partial charge on any atom is -0.507 e. The Labute approximate surface area is 191 Å². The van der Waals surface area contributed by atoms with Gasteiger partial charge < -0.3 is 9.84 Å². The average Bonchev–Trinajstić information content (AvgIpc) is 3.06. The number of anilines is 1. The van der Waals surface area contributed by atoms with Gasteiger partial charge in [0.1, 0.15) is 17.3 Å². The molecule has 3 aromatic rings. The van der Waals surface area contributed by atoms with Crippen LogP contribution in [-0.4, -0.2) is 23.9 Å². The van der Waals surface area contributed by atoms with Crippen LogP contribution in [0.25, 0.3) is 5.76 Å². The number of carbonyl (C=O) groups excluding carboxylic acids is 2. The van der Waals surface area contributed by atoms with Crippen molar-refractivity contribution in [2.24, 2.45) is 0 Å². The maximum absolute atomic E-state index is 14.0. The third-order valence-corrected chi connectivity index (χ3v) is 5.46. The average molecular weight is 474 g/mol. The number of hydrogen-bond donors (Lipinski definition) is 1. The molecule has 0 aliphatic carbocycles. The smallest absolute Gasteiger partial charge is 0.300 e. The first-order valence-electron chi connectivity index (χ1n) is 9.58. The highest BCUT2D eigenvalue weighted by Crippen LogP contribution is 2.43. The molecule has 1 heterocycles. The highest BCUT2D eigenvalue weighted by Gasteiger charge is 2.47. The fourth-order valence-corrected chi connectivity index (χ4v) is 3.88. The van der Waals surface area contributed by atoms with Gasteiger partial charge in [-0.1, -0.05) is 23.7 Å². The van der Waals surface area contributed by atoms with Crippen molar-refractivity contribution in [1.82, 2.24) is 0 Å². The standard InChI is InChI=1S/C24H15ClF3NO4/c1-33-19-9-4-13(25)10-16(19)22(30)20-21(12-2-5-14(26)6-3-12)29(24(32)23(20)31)15-7-8-17(27)18(28)11-15/h2-11,21,30H,1H3/b22-20+. The molecular formula is C24H15ClF3NO4. The van der Waals surface area contributed by atoms with Crippen LogP contribution < -0.4 is 9.64 Å².